The molecule has 0 bridgehead atoms. The average molecular weight is 286 g/mol. The van der Waals surface area contributed by atoms with Gasteiger partial charge >= 0.3 is 0 Å². The predicted octanol–water partition coefficient (Wildman–Crippen LogP) is 4.36. The summed E-state index contributed by atoms with van der Waals surface area (Å²) < 4.78 is 0. The Bertz CT molecular complexity index is 373. The third kappa shape index (κ3) is 5.21. The zero-order chi connectivity index (χ0) is 13.8. The molecule has 18 heavy (non-hydrogen) atoms. The van der Waals surface area contributed by atoms with Gasteiger partial charge in [0, 0.05) is 18.1 Å². The van der Waals surface area contributed by atoms with E-state index in [1.807, 2.05) is 18.2 Å². The molecular weight excluding hydrogens is 262 g/mol. The highest BCUT2D eigenvalue weighted by Gasteiger charge is 2.24. The zero-order valence-corrected chi connectivity index (χ0v) is 13.4. The minimum Gasteiger partial charge on any atom is -0.302 e. The largest absolute Gasteiger partial charge is 0.302 e. The third-order valence-electron chi connectivity index (χ3n) is 3.32. The van der Waals surface area contributed by atoms with Crippen LogP contribution >= 0.6 is 24.2 Å². The molecule has 0 saturated heterocycles. The maximum Gasteiger partial charge on any atom is 0.0409 e. The molecule has 1 unspecified atom stereocenters. The molecule has 0 spiro atoms. The summed E-state index contributed by atoms with van der Waals surface area (Å²) in [4.78, 5) is 2.35. The summed E-state index contributed by atoms with van der Waals surface area (Å²) in [6, 6.07) is 8.07. The van der Waals surface area contributed by atoms with E-state index < -0.39 is 0 Å². The number of nitrogens with zero attached hydrogens (tertiary/aromatic N) is 1. The van der Waals surface area contributed by atoms with Gasteiger partial charge in [0.2, 0.25) is 0 Å². The molecular formula is C15H24ClNS. The molecule has 0 aromatic heterocycles. The van der Waals surface area contributed by atoms with Crippen LogP contribution in [0.25, 0.3) is 0 Å². The normalized spacial score (nSPS) is 13.9. The van der Waals surface area contributed by atoms with Gasteiger partial charge in [0.15, 0.2) is 0 Å². The lowest BCUT2D eigenvalue weighted by Gasteiger charge is -2.33. The van der Waals surface area contributed by atoms with Gasteiger partial charge in [0.25, 0.3) is 0 Å². The highest BCUT2D eigenvalue weighted by molar-refractivity contribution is 7.80. The molecule has 0 aliphatic heterocycles. The fraction of sp³-hybridized carbons (Fsp3) is 0.600. The number of benzene rings is 1. The van der Waals surface area contributed by atoms with Crippen LogP contribution in [0, 0.1) is 11.3 Å². The summed E-state index contributed by atoms with van der Waals surface area (Å²) in [5.41, 5.74) is 1.56. The summed E-state index contributed by atoms with van der Waals surface area (Å²) in [5.74, 6) is 1.51. The van der Waals surface area contributed by atoms with Gasteiger partial charge < -0.3 is 4.90 Å². The topological polar surface area (TPSA) is 3.24 Å². The molecule has 1 aromatic rings. The second-order valence-corrected chi connectivity index (χ2v) is 6.87. The molecule has 1 aromatic carbocycles. The van der Waals surface area contributed by atoms with E-state index in [1.165, 1.54) is 5.56 Å². The summed E-state index contributed by atoms with van der Waals surface area (Å²) in [6.45, 7) is 8.82. The molecule has 1 nitrogen and oxygen atoms in total. The summed E-state index contributed by atoms with van der Waals surface area (Å²) >= 11 is 10.5. The number of hydrogen-bond acceptors (Lipinski definition) is 2. The van der Waals surface area contributed by atoms with Crippen LogP contribution in [0.15, 0.2) is 24.3 Å². The van der Waals surface area contributed by atoms with E-state index >= 15 is 0 Å². The van der Waals surface area contributed by atoms with E-state index in [2.05, 4.69) is 51.4 Å². The maximum absolute atomic E-state index is 6.00. The van der Waals surface area contributed by atoms with Gasteiger partial charge in [-0.25, -0.2) is 0 Å². The average Bonchev–Trinajstić information content (AvgIpc) is 2.24. The summed E-state index contributed by atoms with van der Waals surface area (Å²) in [5, 5.41) is 0.808. The molecule has 0 aliphatic carbocycles. The van der Waals surface area contributed by atoms with Crippen molar-refractivity contribution in [2.24, 2.45) is 11.3 Å². The highest BCUT2D eigenvalue weighted by Crippen LogP contribution is 2.27. The van der Waals surface area contributed by atoms with Crippen LogP contribution in [-0.2, 0) is 6.54 Å². The molecule has 0 radical (unpaired) electrons. The van der Waals surface area contributed by atoms with E-state index in [0.29, 0.717) is 11.3 Å². The Kier molecular flexibility index (Phi) is 6.03. The van der Waals surface area contributed by atoms with Gasteiger partial charge in [0.1, 0.15) is 0 Å². The molecule has 1 atom stereocenters. The van der Waals surface area contributed by atoms with Gasteiger partial charge in [-0.2, -0.15) is 12.6 Å². The van der Waals surface area contributed by atoms with Gasteiger partial charge in [-0.15, -0.1) is 0 Å². The fourth-order valence-electron chi connectivity index (χ4n) is 1.99. The van der Waals surface area contributed by atoms with Crippen molar-refractivity contribution in [3.8, 4) is 0 Å². The van der Waals surface area contributed by atoms with Crippen molar-refractivity contribution in [1.29, 1.82) is 0 Å². The molecule has 0 aliphatic rings. The molecule has 1 rings (SSSR count). The van der Waals surface area contributed by atoms with Gasteiger partial charge in [-0.05, 0) is 41.8 Å². The number of hydrogen-bond donors (Lipinski definition) is 1. The van der Waals surface area contributed by atoms with Crippen LogP contribution in [0.4, 0.5) is 0 Å². The third-order valence-corrected chi connectivity index (χ3v) is 3.99. The second kappa shape index (κ2) is 6.83. The molecule has 0 fully saturated rings. The van der Waals surface area contributed by atoms with Crippen LogP contribution in [0.5, 0.6) is 0 Å². The maximum atomic E-state index is 6.00. The Morgan fingerprint density at radius 3 is 2.50 bits per heavy atom. The lowest BCUT2D eigenvalue weighted by molar-refractivity contribution is 0.183. The van der Waals surface area contributed by atoms with Gasteiger partial charge in [0.05, 0.1) is 0 Å². The minimum atomic E-state index is 0.296. The number of thiol groups is 1. The Labute approximate surface area is 122 Å². The molecule has 3 heteroatoms. The molecule has 0 heterocycles. The van der Waals surface area contributed by atoms with Crippen molar-refractivity contribution in [3.05, 3.63) is 34.9 Å². The van der Waals surface area contributed by atoms with Crippen molar-refractivity contribution in [2.75, 3.05) is 19.3 Å². The van der Waals surface area contributed by atoms with Gasteiger partial charge in [-0.1, -0.05) is 44.5 Å². The summed E-state index contributed by atoms with van der Waals surface area (Å²) in [6.07, 6.45) is 0. The smallest absolute Gasteiger partial charge is 0.0409 e. The number of halogens is 1. The van der Waals surface area contributed by atoms with Crippen LogP contribution in [0.3, 0.4) is 0 Å². The quantitative estimate of drug-likeness (QED) is 0.787. The van der Waals surface area contributed by atoms with Crippen LogP contribution < -0.4 is 0 Å². The second-order valence-electron chi connectivity index (χ2n) is 6.07. The molecule has 0 N–H and O–H groups in total. The van der Waals surface area contributed by atoms with Crippen molar-refractivity contribution in [2.45, 2.75) is 27.3 Å². The molecule has 0 saturated carbocycles. The van der Waals surface area contributed by atoms with E-state index in [1.54, 1.807) is 0 Å². The summed E-state index contributed by atoms with van der Waals surface area (Å²) in [7, 11) is 2.16. The van der Waals surface area contributed by atoms with E-state index in [0.717, 1.165) is 23.9 Å². The first-order valence-corrected chi connectivity index (χ1v) is 7.38. The van der Waals surface area contributed by atoms with Crippen LogP contribution in [-0.4, -0.2) is 24.2 Å². The molecule has 102 valence electrons. The monoisotopic (exact) mass is 285 g/mol. The van der Waals surface area contributed by atoms with Crippen molar-refractivity contribution >= 4 is 24.2 Å². The van der Waals surface area contributed by atoms with Gasteiger partial charge in [-0.3, -0.25) is 0 Å². The first kappa shape index (κ1) is 15.9. The fourth-order valence-corrected chi connectivity index (χ4v) is 2.87. The lowest BCUT2D eigenvalue weighted by atomic mass is 9.81. The minimum absolute atomic E-state index is 0.296. The van der Waals surface area contributed by atoms with Crippen LogP contribution in [0.2, 0.25) is 5.02 Å². The standard InChI is InChI=1S/C15H24ClNS/c1-15(2,3)13(11-18)10-17(4)9-12-6-5-7-14(16)8-12/h5-8,13,18H,9-11H2,1-4H3. The van der Waals surface area contributed by atoms with Crippen molar-refractivity contribution in [1.82, 2.24) is 4.90 Å². The van der Waals surface area contributed by atoms with E-state index in [9.17, 15) is 0 Å². The predicted molar refractivity (Wildman–Crippen MR) is 84.6 cm³/mol. The van der Waals surface area contributed by atoms with Crippen molar-refractivity contribution < 1.29 is 0 Å². The van der Waals surface area contributed by atoms with Crippen LogP contribution in [0.1, 0.15) is 26.3 Å². The molecule has 0 amide bonds. The Morgan fingerprint density at radius 2 is 2.00 bits per heavy atom. The highest BCUT2D eigenvalue weighted by atomic mass is 35.5. The Balaban J connectivity index is 2.58. The first-order chi connectivity index (χ1) is 8.32. The van der Waals surface area contributed by atoms with Crippen molar-refractivity contribution in [3.63, 3.8) is 0 Å². The SMILES string of the molecule is CN(Cc1cccc(Cl)c1)CC(CS)C(C)(C)C. The van der Waals surface area contributed by atoms with E-state index in [4.69, 9.17) is 11.6 Å². The number of rotatable bonds is 5. The zero-order valence-electron chi connectivity index (χ0n) is 11.8. The van der Waals surface area contributed by atoms with E-state index in [-0.39, 0.29) is 0 Å². The Hall–Kier alpha value is -0.180. The first-order valence-electron chi connectivity index (χ1n) is 6.36. The lowest BCUT2D eigenvalue weighted by Crippen LogP contribution is -2.34. The Morgan fingerprint density at radius 1 is 1.33 bits per heavy atom.